The molecular weight excluding hydrogens is 238 g/mol. The number of benzene rings is 1. The zero-order chi connectivity index (χ0) is 12.4. The first kappa shape index (κ1) is 12.2. The first-order chi connectivity index (χ1) is 8.11. The van der Waals surface area contributed by atoms with Crippen molar-refractivity contribution >= 4 is 17.7 Å². The van der Waals surface area contributed by atoms with E-state index in [4.69, 9.17) is 16.3 Å². The largest absolute Gasteiger partial charge is 0.453 e. The molecule has 0 N–H and O–H groups in total. The average Bonchev–Trinajstić information content (AvgIpc) is 2.52. The van der Waals surface area contributed by atoms with E-state index < -0.39 is 0 Å². The molecule has 0 atom stereocenters. The molecule has 0 aromatic heterocycles. The Labute approximate surface area is 106 Å². The fraction of sp³-hybridized carbons (Fsp3) is 0.462. The van der Waals surface area contributed by atoms with Gasteiger partial charge in [-0.1, -0.05) is 17.7 Å². The first-order valence-corrected chi connectivity index (χ1v) is 6.10. The van der Waals surface area contributed by atoms with Crippen molar-refractivity contribution in [3.8, 4) is 0 Å². The molecule has 0 saturated carbocycles. The number of carbonyl (C=O) groups excluding carboxylic acids is 1. The average molecular weight is 254 g/mol. The molecule has 3 nitrogen and oxygen atoms in total. The van der Waals surface area contributed by atoms with Gasteiger partial charge in [0.05, 0.1) is 7.11 Å². The van der Waals surface area contributed by atoms with Gasteiger partial charge in [0.1, 0.15) is 0 Å². The van der Waals surface area contributed by atoms with Crippen molar-refractivity contribution in [1.82, 2.24) is 4.90 Å². The topological polar surface area (TPSA) is 29.5 Å². The molecule has 0 aliphatic carbocycles. The van der Waals surface area contributed by atoms with Crippen molar-refractivity contribution in [1.29, 1.82) is 0 Å². The Morgan fingerprint density at radius 3 is 2.47 bits per heavy atom. The summed E-state index contributed by atoms with van der Waals surface area (Å²) in [6.45, 7) is 3.41. The van der Waals surface area contributed by atoms with Crippen LogP contribution in [0.25, 0.3) is 0 Å². The van der Waals surface area contributed by atoms with Crippen LogP contribution >= 0.6 is 11.6 Å². The van der Waals surface area contributed by atoms with Crippen LogP contribution in [0.3, 0.4) is 0 Å². The maximum atomic E-state index is 11.5. The Morgan fingerprint density at radius 1 is 1.29 bits per heavy atom. The monoisotopic (exact) mass is 253 g/mol. The van der Waals surface area contributed by atoms with Crippen LogP contribution in [-0.4, -0.2) is 31.2 Å². The van der Waals surface area contributed by atoms with E-state index in [1.165, 1.54) is 18.2 Å². The van der Waals surface area contributed by atoms with Crippen molar-refractivity contribution in [2.45, 2.75) is 19.8 Å². The van der Waals surface area contributed by atoms with Gasteiger partial charge in [0.2, 0.25) is 0 Å². The van der Waals surface area contributed by atoms with Crippen LogP contribution in [-0.2, 0) is 17.6 Å². The van der Waals surface area contributed by atoms with E-state index in [1.807, 2.05) is 13.0 Å². The second-order valence-electron chi connectivity index (χ2n) is 4.33. The molecule has 2 rings (SSSR count). The van der Waals surface area contributed by atoms with Gasteiger partial charge >= 0.3 is 6.09 Å². The highest BCUT2D eigenvalue weighted by molar-refractivity contribution is 6.31. The van der Waals surface area contributed by atoms with Crippen molar-refractivity contribution in [2.24, 2.45) is 0 Å². The number of hydrogen-bond donors (Lipinski definition) is 0. The van der Waals surface area contributed by atoms with Crippen LogP contribution in [0.5, 0.6) is 0 Å². The maximum Gasteiger partial charge on any atom is 0.409 e. The van der Waals surface area contributed by atoms with Gasteiger partial charge < -0.3 is 9.64 Å². The van der Waals surface area contributed by atoms with Crippen LogP contribution < -0.4 is 0 Å². The van der Waals surface area contributed by atoms with Gasteiger partial charge in [-0.05, 0) is 42.5 Å². The van der Waals surface area contributed by atoms with E-state index in [0.717, 1.165) is 23.4 Å². The summed E-state index contributed by atoms with van der Waals surface area (Å²) in [7, 11) is 1.42. The number of amides is 1. The molecule has 1 aromatic carbocycles. The zero-order valence-corrected chi connectivity index (χ0v) is 10.9. The molecule has 0 spiro atoms. The molecule has 4 heteroatoms. The molecule has 17 heavy (non-hydrogen) atoms. The summed E-state index contributed by atoms with van der Waals surface area (Å²) in [6.07, 6.45) is 1.45. The third-order valence-corrected chi connectivity index (χ3v) is 3.62. The first-order valence-electron chi connectivity index (χ1n) is 5.72. The van der Waals surface area contributed by atoms with Crippen LogP contribution in [0.15, 0.2) is 12.1 Å². The van der Waals surface area contributed by atoms with Gasteiger partial charge in [0.25, 0.3) is 0 Å². The quantitative estimate of drug-likeness (QED) is 0.712. The molecule has 0 bridgehead atoms. The predicted octanol–water partition coefficient (Wildman–Crippen LogP) is 2.82. The van der Waals surface area contributed by atoms with Crippen molar-refractivity contribution in [3.05, 3.63) is 33.8 Å². The Morgan fingerprint density at radius 2 is 1.88 bits per heavy atom. The Balaban J connectivity index is 2.21. The number of fused-ring (bicyclic) bond motifs is 1. The van der Waals surface area contributed by atoms with Gasteiger partial charge in [-0.15, -0.1) is 0 Å². The molecule has 1 amide bonds. The lowest BCUT2D eigenvalue weighted by Gasteiger charge is -2.17. The summed E-state index contributed by atoms with van der Waals surface area (Å²) in [4.78, 5) is 13.2. The molecule has 0 saturated heterocycles. The molecule has 1 aromatic rings. The number of ether oxygens (including phenoxy) is 1. The van der Waals surface area contributed by atoms with E-state index in [2.05, 4.69) is 6.07 Å². The van der Waals surface area contributed by atoms with Crippen LogP contribution in [0.2, 0.25) is 5.02 Å². The third kappa shape index (κ3) is 2.55. The summed E-state index contributed by atoms with van der Waals surface area (Å²) in [6, 6.07) is 4.14. The molecule has 1 heterocycles. The third-order valence-electron chi connectivity index (χ3n) is 3.22. The number of nitrogens with zero attached hydrogens (tertiary/aromatic N) is 1. The van der Waals surface area contributed by atoms with Gasteiger partial charge in [-0.25, -0.2) is 4.79 Å². The highest BCUT2D eigenvalue weighted by atomic mass is 35.5. The second kappa shape index (κ2) is 4.96. The zero-order valence-electron chi connectivity index (χ0n) is 10.1. The van der Waals surface area contributed by atoms with Crippen molar-refractivity contribution < 1.29 is 9.53 Å². The Bertz CT molecular complexity index is 412. The second-order valence-corrected chi connectivity index (χ2v) is 4.73. The lowest BCUT2D eigenvalue weighted by Crippen LogP contribution is -2.33. The van der Waals surface area contributed by atoms with Gasteiger partial charge in [-0.2, -0.15) is 0 Å². The molecular formula is C13H16ClNO2. The minimum Gasteiger partial charge on any atom is -0.453 e. The maximum absolute atomic E-state index is 11.5. The fourth-order valence-corrected chi connectivity index (χ4v) is 2.37. The number of rotatable bonds is 0. The molecule has 92 valence electrons. The minimum absolute atomic E-state index is 0.249. The summed E-state index contributed by atoms with van der Waals surface area (Å²) in [5.74, 6) is 0. The van der Waals surface area contributed by atoms with Crippen LogP contribution in [0, 0.1) is 6.92 Å². The van der Waals surface area contributed by atoms with E-state index in [9.17, 15) is 4.79 Å². The molecule has 1 aliphatic rings. The Kier molecular flexibility index (Phi) is 3.57. The van der Waals surface area contributed by atoms with Gasteiger partial charge in [0.15, 0.2) is 0 Å². The van der Waals surface area contributed by atoms with Crippen LogP contribution in [0.1, 0.15) is 16.7 Å². The SMILES string of the molecule is COC(=O)N1CCc2cc(C)c(Cl)cc2CC1. The smallest absolute Gasteiger partial charge is 0.409 e. The lowest BCUT2D eigenvalue weighted by molar-refractivity contribution is 0.125. The fourth-order valence-electron chi connectivity index (χ4n) is 2.18. The number of carbonyl (C=O) groups is 1. The number of hydrogen-bond acceptors (Lipinski definition) is 2. The van der Waals surface area contributed by atoms with Crippen molar-refractivity contribution in [2.75, 3.05) is 20.2 Å². The Hall–Kier alpha value is -1.22. The van der Waals surface area contributed by atoms with Gasteiger partial charge in [0, 0.05) is 18.1 Å². The summed E-state index contributed by atoms with van der Waals surface area (Å²) in [5, 5.41) is 0.801. The number of halogens is 1. The molecule has 1 aliphatic heterocycles. The summed E-state index contributed by atoms with van der Waals surface area (Å²) < 4.78 is 4.75. The highest BCUT2D eigenvalue weighted by Crippen LogP contribution is 2.24. The highest BCUT2D eigenvalue weighted by Gasteiger charge is 2.19. The summed E-state index contributed by atoms with van der Waals surface area (Å²) >= 11 is 6.12. The standard InChI is InChI=1S/C13H16ClNO2/c1-9-7-10-3-5-15(13(16)17-2)6-4-11(10)8-12(9)14/h7-8H,3-6H2,1-2H3. The van der Waals surface area contributed by atoms with E-state index in [-0.39, 0.29) is 6.09 Å². The van der Waals surface area contributed by atoms with E-state index in [1.54, 1.807) is 4.90 Å². The van der Waals surface area contributed by atoms with Crippen LogP contribution in [0.4, 0.5) is 4.79 Å². The van der Waals surface area contributed by atoms with E-state index in [0.29, 0.717) is 13.1 Å². The summed E-state index contributed by atoms with van der Waals surface area (Å²) in [5.41, 5.74) is 3.63. The normalized spacial score (nSPS) is 15.1. The molecule has 0 unspecified atom stereocenters. The van der Waals surface area contributed by atoms with E-state index >= 15 is 0 Å². The lowest BCUT2D eigenvalue weighted by atomic mass is 10.0. The number of methoxy groups -OCH3 is 1. The van der Waals surface area contributed by atoms with Crippen molar-refractivity contribution in [3.63, 3.8) is 0 Å². The molecule has 0 fully saturated rings. The number of aryl methyl sites for hydroxylation is 1. The predicted molar refractivity (Wildman–Crippen MR) is 67.6 cm³/mol. The molecule has 0 radical (unpaired) electrons. The van der Waals surface area contributed by atoms with Gasteiger partial charge in [-0.3, -0.25) is 0 Å². The minimum atomic E-state index is -0.249.